The van der Waals surface area contributed by atoms with Gasteiger partial charge in [-0.25, -0.2) is 4.79 Å². The van der Waals surface area contributed by atoms with Crippen molar-refractivity contribution >= 4 is 17.8 Å². The second-order valence-electron chi connectivity index (χ2n) is 7.90. The van der Waals surface area contributed by atoms with Crippen LogP contribution in [-0.2, 0) is 16.0 Å². The Kier molecular flexibility index (Phi) is 5.76. The molecule has 0 aliphatic carbocycles. The third-order valence-electron chi connectivity index (χ3n) is 5.38. The second-order valence-corrected chi connectivity index (χ2v) is 7.90. The SMILES string of the molecule is COc1cccc(CC(=O)N2CCN(C(=O)N(C)C)C[C@@]3(CNC(=O)C3)C2)c1. The van der Waals surface area contributed by atoms with E-state index in [-0.39, 0.29) is 24.3 Å². The Hall–Kier alpha value is -2.77. The highest BCUT2D eigenvalue weighted by Gasteiger charge is 2.45. The van der Waals surface area contributed by atoms with Crippen LogP contribution in [0.25, 0.3) is 0 Å². The van der Waals surface area contributed by atoms with Gasteiger partial charge in [-0.15, -0.1) is 0 Å². The number of hydrogen-bond acceptors (Lipinski definition) is 4. The van der Waals surface area contributed by atoms with Crippen molar-refractivity contribution < 1.29 is 19.1 Å². The number of hydrogen-bond donors (Lipinski definition) is 1. The molecule has 8 nitrogen and oxygen atoms in total. The average molecular weight is 388 g/mol. The number of carbonyl (C=O) groups is 3. The fourth-order valence-electron chi connectivity index (χ4n) is 3.96. The number of carbonyl (C=O) groups excluding carboxylic acids is 3. The molecule has 0 aromatic heterocycles. The van der Waals surface area contributed by atoms with Gasteiger partial charge in [0.05, 0.1) is 13.5 Å². The van der Waals surface area contributed by atoms with Gasteiger partial charge in [-0.2, -0.15) is 0 Å². The van der Waals surface area contributed by atoms with E-state index in [1.165, 1.54) is 4.90 Å². The molecule has 2 aliphatic heterocycles. The van der Waals surface area contributed by atoms with Gasteiger partial charge in [-0.3, -0.25) is 9.59 Å². The second kappa shape index (κ2) is 8.08. The van der Waals surface area contributed by atoms with Crippen LogP contribution in [0.2, 0.25) is 0 Å². The van der Waals surface area contributed by atoms with Crippen LogP contribution in [0.4, 0.5) is 4.79 Å². The van der Waals surface area contributed by atoms with Crippen LogP contribution in [-0.4, -0.2) is 86.5 Å². The first-order chi connectivity index (χ1) is 13.3. The lowest BCUT2D eigenvalue weighted by atomic mass is 9.86. The molecule has 2 saturated heterocycles. The zero-order valence-electron chi connectivity index (χ0n) is 16.7. The van der Waals surface area contributed by atoms with Gasteiger partial charge in [0.25, 0.3) is 0 Å². The maximum atomic E-state index is 13.0. The quantitative estimate of drug-likeness (QED) is 0.821. The maximum Gasteiger partial charge on any atom is 0.319 e. The summed E-state index contributed by atoms with van der Waals surface area (Å²) in [5.74, 6) is 0.677. The van der Waals surface area contributed by atoms with E-state index in [0.717, 1.165) is 5.56 Å². The molecule has 0 saturated carbocycles. The number of amides is 4. The standard InChI is InChI=1S/C20H28N4O4/c1-22(2)19(27)24-8-7-23(13-20(14-24)11-17(25)21-12-20)18(26)10-15-5-4-6-16(9-15)28-3/h4-6,9H,7-8,10-14H2,1-3H3,(H,21,25)/t20-/m0/s1. The largest absolute Gasteiger partial charge is 0.497 e. The minimum absolute atomic E-state index is 0.00821. The molecule has 152 valence electrons. The van der Waals surface area contributed by atoms with Gasteiger partial charge in [0.2, 0.25) is 11.8 Å². The van der Waals surface area contributed by atoms with Crippen molar-refractivity contribution in [2.24, 2.45) is 5.41 Å². The minimum Gasteiger partial charge on any atom is -0.497 e. The predicted octanol–water partition coefficient (Wildman–Crippen LogP) is 0.570. The van der Waals surface area contributed by atoms with E-state index in [1.807, 2.05) is 24.3 Å². The summed E-state index contributed by atoms with van der Waals surface area (Å²) in [6.45, 7) is 2.32. The van der Waals surface area contributed by atoms with Gasteiger partial charge in [-0.05, 0) is 17.7 Å². The Balaban J connectivity index is 1.78. The maximum absolute atomic E-state index is 13.0. The summed E-state index contributed by atoms with van der Waals surface area (Å²) < 4.78 is 5.23. The van der Waals surface area contributed by atoms with Crippen molar-refractivity contribution in [1.29, 1.82) is 0 Å². The van der Waals surface area contributed by atoms with Crippen molar-refractivity contribution in [3.63, 3.8) is 0 Å². The van der Waals surface area contributed by atoms with Crippen molar-refractivity contribution in [2.45, 2.75) is 12.8 Å². The van der Waals surface area contributed by atoms with Gasteiger partial charge >= 0.3 is 6.03 Å². The molecule has 1 atom stereocenters. The monoisotopic (exact) mass is 388 g/mol. The molecule has 0 radical (unpaired) electrons. The van der Waals surface area contributed by atoms with Crippen LogP contribution in [0.5, 0.6) is 5.75 Å². The zero-order valence-corrected chi connectivity index (χ0v) is 16.7. The lowest BCUT2D eigenvalue weighted by Gasteiger charge is -2.33. The summed E-state index contributed by atoms with van der Waals surface area (Å²) in [4.78, 5) is 42.6. The number of urea groups is 1. The lowest BCUT2D eigenvalue weighted by molar-refractivity contribution is -0.131. The molecule has 1 aromatic rings. The molecule has 3 rings (SSSR count). The highest BCUT2D eigenvalue weighted by molar-refractivity contribution is 5.82. The molecule has 2 fully saturated rings. The van der Waals surface area contributed by atoms with Crippen LogP contribution >= 0.6 is 0 Å². The molecule has 28 heavy (non-hydrogen) atoms. The number of rotatable bonds is 3. The highest BCUT2D eigenvalue weighted by atomic mass is 16.5. The number of nitrogens with one attached hydrogen (secondary N) is 1. The summed E-state index contributed by atoms with van der Waals surface area (Å²) in [5.41, 5.74) is 0.438. The van der Waals surface area contributed by atoms with Gasteiger partial charge in [-0.1, -0.05) is 12.1 Å². The third-order valence-corrected chi connectivity index (χ3v) is 5.38. The Morgan fingerprint density at radius 3 is 2.57 bits per heavy atom. The minimum atomic E-state index is -0.441. The Morgan fingerprint density at radius 2 is 1.93 bits per heavy atom. The fraction of sp³-hybridized carbons (Fsp3) is 0.550. The van der Waals surface area contributed by atoms with Gasteiger partial charge in [0, 0.05) is 58.7 Å². The molecular weight excluding hydrogens is 360 g/mol. The van der Waals surface area contributed by atoms with E-state index in [1.54, 1.807) is 31.0 Å². The van der Waals surface area contributed by atoms with Crippen molar-refractivity contribution in [3.05, 3.63) is 29.8 Å². The van der Waals surface area contributed by atoms with Gasteiger partial charge in [0.15, 0.2) is 0 Å². The number of ether oxygens (including phenoxy) is 1. The lowest BCUT2D eigenvalue weighted by Crippen LogP contribution is -2.47. The normalized spacial score (nSPS) is 22.0. The molecule has 1 N–H and O–H groups in total. The van der Waals surface area contributed by atoms with Gasteiger partial charge in [0.1, 0.15) is 5.75 Å². The zero-order chi connectivity index (χ0) is 20.3. The summed E-state index contributed by atoms with van der Waals surface area (Å²) in [7, 11) is 5.02. The molecule has 4 amide bonds. The molecule has 8 heteroatoms. The average Bonchev–Trinajstić information content (AvgIpc) is 2.92. The predicted molar refractivity (Wildman–Crippen MR) is 104 cm³/mol. The van der Waals surface area contributed by atoms with Gasteiger partial charge < -0.3 is 24.8 Å². The smallest absolute Gasteiger partial charge is 0.319 e. The Labute approximate surface area is 165 Å². The van der Waals surface area contributed by atoms with E-state index in [4.69, 9.17) is 4.74 Å². The van der Waals surface area contributed by atoms with E-state index < -0.39 is 5.41 Å². The summed E-state index contributed by atoms with van der Waals surface area (Å²) in [6, 6.07) is 7.36. The summed E-state index contributed by atoms with van der Waals surface area (Å²) in [6.07, 6.45) is 0.587. The fourth-order valence-corrected chi connectivity index (χ4v) is 3.96. The molecular formula is C20H28N4O4. The Bertz CT molecular complexity index is 766. The third kappa shape index (κ3) is 4.37. The summed E-state index contributed by atoms with van der Waals surface area (Å²) >= 11 is 0. The molecule has 1 aromatic carbocycles. The topological polar surface area (TPSA) is 82.2 Å². The Morgan fingerprint density at radius 1 is 1.21 bits per heavy atom. The van der Waals surface area contributed by atoms with Crippen LogP contribution in [0.3, 0.4) is 0 Å². The van der Waals surface area contributed by atoms with Crippen LogP contribution < -0.4 is 10.1 Å². The molecule has 2 aliphatic rings. The van der Waals surface area contributed by atoms with Crippen LogP contribution in [0.1, 0.15) is 12.0 Å². The van der Waals surface area contributed by atoms with Crippen molar-refractivity contribution in [1.82, 2.24) is 20.0 Å². The van der Waals surface area contributed by atoms with Crippen molar-refractivity contribution in [2.75, 3.05) is 53.9 Å². The first-order valence-corrected chi connectivity index (χ1v) is 9.45. The van der Waals surface area contributed by atoms with E-state index >= 15 is 0 Å². The molecule has 2 heterocycles. The molecule has 1 spiro atoms. The number of nitrogens with zero attached hydrogens (tertiary/aromatic N) is 3. The van der Waals surface area contributed by atoms with Crippen LogP contribution in [0.15, 0.2) is 24.3 Å². The molecule has 0 unspecified atom stereocenters. The van der Waals surface area contributed by atoms with E-state index in [9.17, 15) is 14.4 Å². The number of methoxy groups -OCH3 is 1. The van der Waals surface area contributed by atoms with E-state index in [2.05, 4.69) is 5.32 Å². The first-order valence-electron chi connectivity index (χ1n) is 9.45. The first kappa shape index (κ1) is 20.0. The van der Waals surface area contributed by atoms with Crippen LogP contribution in [0, 0.1) is 5.41 Å². The van der Waals surface area contributed by atoms with Crippen molar-refractivity contribution in [3.8, 4) is 5.75 Å². The summed E-state index contributed by atoms with van der Waals surface area (Å²) in [5, 5.41) is 2.88. The van der Waals surface area contributed by atoms with E-state index in [0.29, 0.717) is 44.9 Å². The molecule has 0 bridgehead atoms. The highest BCUT2D eigenvalue weighted by Crippen LogP contribution is 2.31. The number of benzene rings is 1.